The number of nitrogens with two attached hydrogens (primary N) is 1. The van der Waals surface area contributed by atoms with Crippen molar-refractivity contribution in [3.63, 3.8) is 0 Å². The van der Waals surface area contributed by atoms with Gasteiger partial charge in [0.1, 0.15) is 0 Å². The van der Waals surface area contributed by atoms with Crippen LogP contribution in [0.15, 0.2) is 42.6 Å². The van der Waals surface area contributed by atoms with Gasteiger partial charge in [-0.1, -0.05) is 38.1 Å². The summed E-state index contributed by atoms with van der Waals surface area (Å²) in [6, 6.07) is 11.3. The van der Waals surface area contributed by atoms with Crippen molar-refractivity contribution in [3.8, 4) is 0 Å². The Hall–Kier alpha value is -1.87. The summed E-state index contributed by atoms with van der Waals surface area (Å²) in [5, 5.41) is 0. The van der Waals surface area contributed by atoms with Gasteiger partial charge in [0.2, 0.25) is 5.78 Å². The van der Waals surface area contributed by atoms with Crippen LogP contribution in [0.1, 0.15) is 35.5 Å². The number of hydrogen-bond acceptors (Lipinski definition) is 2. The number of H-pyrrole nitrogens is 1. The minimum absolute atomic E-state index is 0.0112. The predicted molar refractivity (Wildman–Crippen MR) is 72.7 cm³/mol. The lowest BCUT2D eigenvalue weighted by Gasteiger charge is -2.23. The van der Waals surface area contributed by atoms with E-state index in [0.717, 1.165) is 5.56 Å². The minimum Gasteiger partial charge on any atom is -0.359 e. The largest absolute Gasteiger partial charge is 0.359 e. The van der Waals surface area contributed by atoms with Crippen LogP contribution < -0.4 is 5.73 Å². The van der Waals surface area contributed by atoms with Crippen molar-refractivity contribution in [1.82, 2.24) is 4.98 Å². The highest BCUT2D eigenvalue weighted by molar-refractivity contribution is 6.07. The number of aromatic amines is 1. The lowest BCUT2D eigenvalue weighted by atomic mass is 9.84. The van der Waals surface area contributed by atoms with Crippen LogP contribution in [0.3, 0.4) is 0 Å². The summed E-state index contributed by atoms with van der Waals surface area (Å²) in [5.41, 5.74) is 8.13. The molecule has 94 valence electrons. The highest BCUT2D eigenvalue weighted by Gasteiger charge is 2.19. The SMILES string of the molecule is CC(C)(CN)c1ccc(C(=O)c2ccc[nH]2)cc1. The first-order valence-electron chi connectivity index (χ1n) is 6.03. The van der Waals surface area contributed by atoms with E-state index in [1.165, 1.54) is 0 Å². The standard InChI is InChI=1S/C15H18N2O/c1-15(2,10-16)12-7-5-11(6-8-12)14(18)13-4-3-9-17-13/h3-9,17H,10,16H2,1-2H3. The van der Waals surface area contributed by atoms with Gasteiger partial charge in [-0.25, -0.2) is 0 Å². The Morgan fingerprint density at radius 3 is 2.39 bits per heavy atom. The fourth-order valence-electron chi connectivity index (χ4n) is 1.82. The molecule has 0 radical (unpaired) electrons. The second kappa shape index (κ2) is 4.78. The van der Waals surface area contributed by atoms with Crippen LogP contribution in [0, 0.1) is 0 Å². The molecule has 18 heavy (non-hydrogen) atoms. The molecule has 2 aromatic rings. The van der Waals surface area contributed by atoms with Crippen molar-refractivity contribution in [2.75, 3.05) is 6.54 Å². The van der Waals surface area contributed by atoms with Crippen molar-refractivity contribution in [2.24, 2.45) is 5.73 Å². The molecule has 0 saturated heterocycles. The Labute approximate surface area is 107 Å². The topological polar surface area (TPSA) is 58.9 Å². The number of aromatic nitrogens is 1. The van der Waals surface area contributed by atoms with Crippen LogP contribution in [0.5, 0.6) is 0 Å². The van der Waals surface area contributed by atoms with Crippen LogP contribution in [0.25, 0.3) is 0 Å². The summed E-state index contributed by atoms with van der Waals surface area (Å²) in [7, 11) is 0. The fraction of sp³-hybridized carbons (Fsp3) is 0.267. The lowest BCUT2D eigenvalue weighted by Crippen LogP contribution is -2.28. The van der Waals surface area contributed by atoms with Crippen LogP contribution in [-0.2, 0) is 5.41 Å². The summed E-state index contributed by atoms with van der Waals surface area (Å²) in [4.78, 5) is 15.0. The van der Waals surface area contributed by atoms with Crippen molar-refractivity contribution >= 4 is 5.78 Å². The van der Waals surface area contributed by atoms with E-state index in [1.54, 1.807) is 12.3 Å². The Kier molecular flexibility index (Phi) is 3.34. The van der Waals surface area contributed by atoms with Gasteiger partial charge in [0.15, 0.2) is 0 Å². The Bertz CT molecular complexity index is 524. The van der Waals surface area contributed by atoms with E-state index in [1.807, 2.05) is 30.3 Å². The van der Waals surface area contributed by atoms with E-state index in [0.29, 0.717) is 17.8 Å². The van der Waals surface area contributed by atoms with Gasteiger partial charge < -0.3 is 10.7 Å². The third-order valence-corrected chi connectivity index (χ3v) is 3.28. The number of hydrogen-bond donors (Lipinski definition) is 2. The van der Waals surface area contributed by atoms with Gasteiger partial charge in [0.25, 0.3) is 0 Å². The van der Waals surface area contributed by atoms with Crippen LogP contribution in [0.4, 0.5) is 0 Å². The van der Waals surface area contributed by atoms with Gasteiger partial charge >= 0.3 is 0 Å². The van der Waals surface area contributed by atoms with Gasteiger partial charge in [-0.3, -0.25) is 4.79 Å². The highest BCUT2D eigenvalue weighted by atomic mass is 16.1. The van der Waals surface area contributed by atoms with Crippen molar-refractivity contribution < 1.29 is 4.79 Å². The van der Waals surface area contributed by atoms with Gasteiger partial charge in [-0.05, 0) is 17.7 Å². The van der Waals surface area contributed by atoms with E-state index >= 15 is 0 Å². The van der Waals surface area contributed by atoms with Gasteiger partial charge in [-0.15, -0.1) is 0 Å². The number of carbonyl (C=O) groups excluding carboxylic acids is 1. The first-order valence-corrected chi connectivity index (χ1v) is 6.03. The monoisotopic (exact) mass is 242 g/mol. The normalized spacial score (nSPS) is 11.5. The molecule has 0 aliphatic carbocycles. The second-order valence-electron chi connectivity index (χ2n) is 5.08. The number of rotatable bonds is 4. The molecule has 1 aromatic heterocycles. The first-order chi connectivity index (χ1) is 8.54. The molecule has 0 bridgehead atoms. The quantitative estimate of drug-likeness (QED) is 0.809. The van der Waals surface area contributed by atoms with Gasteiger partial charge in [0, 0.05) is 23.7 Å². The third-order valence-electron chi connectivity index (χ3n) is 3.28. The second-order valence-corrected chi connectivity index (χ2v) is 5.08. The summed E-state index contributed by atoms with van der Waals surface area (Å²) in [6.45, 7) is 4.76. The zero-order chi connectivity index (χ0) is 13.2. The molecule has 0 fully saturated rings. The van der Waals surface area contributed by atoms with Crippen molar-refractivity contribution in [1.29, 1.82) is 0 Å². The molecule has 0 unspecified atom stereocenters. The van der Waals surface area contributed by atoms with Crippen molar-refractivity contribution in [3.05, 3.63) is 59.4 Å². The molecule has 0 aliphatic rings. The van der Waals surface area contributed by atoms with Crippen LogP contribution in [0.2, 0.25) is 0 Å². The van der Waals surface area contributed by atoms with E-state index < -0.39 is 0 Å². The predicted octanol–water partition coefficient (Wildman–Crippen LogP) is 2.48. The molecule has 2 rings (SSSR count). The molecule has 0 aliphatic heterocycles. The number of carbonyl (C=O) groups is 1. The molecule has 0 amide bonds. The Morgan fingerprint density at radius 1 is 1.22 bits per heavy atom. The molecule has 3 nitrogen and oxygen atoms in total. The maximum atomic E-state index is 12.1. The molecule has 3 heteroatoms. The molecule has 0 atom stereocenters. The average Bonchev–Trinajstić information content (AvgIpc) is 2.92. The molecule has 1 aromatic carbocycles. The van der Waals surface area contributed by atoms with E-state index in [2.05, 4.69) is 18.8 Å². The maximum Gasteiger partial charge on any atom is 0.209 e. The van der Waals surface area contributed by atoms with E-state index in [-0.39, 0.29) is 11.2 Å². The maximum absolute atomic E-state index is 12.1. The molecular formula is C15H18N2O. The highest BCUT2D eigenvalue weighted by Crippen LogP contribution is 2.22. The van der Waals surface area contributed by atoms with Gasteiger partial charge in [-0.2, -0.15) is 0 Å². The van der Waals surface area contributed by atoms with Crippen LogP contribution >= 0.6 is 0 Å². The third kappa shape index (κ3) is 2.36. The first kappa shape index (κ1) is 12.6. The average molecular weight is 242 g/mol. The van der Waals surface area contributed by atoms with Crippen molar-refractivity contribution in [2.45, 2.75) is 19.3 Å². The number of ketones is 1. The summed E-state index contributed by atoms with van der Waals surface area (Å²) in [5.74, 6) is 0.0112. The zero-order valence-corrected chi connectivity index (χ0v) is 10.7. The van der Waals surface area contributed by atoms with Gasteiger partial charge in [0.05, 0.1) is 5.69 Å². The summed E-state index contributed by atoms with van der Waals surface area (Å²) < 4.78 is 0. The van der Waals surface area contributed by atoms with E-state index in [4.69, 9.17) is 5.73 Å². The lowest BCUT2D eigenvalue weighted by molar-refractivity contribution is 0.103. The Morgan fingerprint density at radius 2 is 1.89 bits per heavy atom. The Balaban J connectivity index is 2.26. The molecule has 0 spiro atoms. The molecular weight excluding hydrogens is 224 g/mol. The minimum atomic E-state index is -0.0615. The smallest absolute Gasteiger partial charge is 0.209 e. The molecule has 3 N–H and O–H groups in total. The molecule has 0 saturated carbocycles. The summed E-state index contributed by atoms with van der Waals surface area (Å²) in [6.07, 6.45) is 1.75. The number of nitrogens with one attached hydrogen (secondary N) is 1. The summed E-state index contributed by atoms with van der Waals surface area (Å²) >= 11 is 0. The van der Waals surface area contributed by atoms with Crippen LogP contribution in [-0.4, -0.2) is 17.3 Å². The zero-order valence-electron chi connectivity index (χ0n) is 10.7. The number of benzene rings is 1. The molecule has 1 heterocycles. The fourth-order valence-corrected chi connectivity index (χ4v) is 1.82. The van der Waals surface area contributed by atoms with E-state index in [9.17, 15) is 4.79 Å².